The minimum absolute atomic E-state index is 0.128. The number of hydrogen-bond acceptors (Lipinski definition) is 3. The Morgan fingerprint density at radius 3 is 2.29 bits per heavy atom. The van der Waals surface area contributed by atoms with Gasteiger partial charge in [-0.05, 0) is 46.4 Å². The average molecular weight is 372 g/mol. The highest BCUT2D eigenvalue weighted by molar-refractivity contribution is 6.08. The summed E-state index contributed by atoms with van der Waals surface area (Å²) in [4.78, 5) is 38.6. The summed E-state index contributed by atoms with van der Waals surface area (Å²) >= 11 is 0. The van der Waals surface area contributed by atoms with Crippen LogP contribution >= 0.6 is 0 Å². The van der Waals surface area contributed by atoms with Crippen molar-refractivity contribution in [2.45, 2.75) is 19.3 Å². The van der Waals surface area contributed by atoms with Gasteiger partial charge in [-0.3, -0.25) is 19.8 Å². The Balaban J connectivity index is 1.23. The molecule has 28 heavy (non-hydrogen) atoms. The van der Waals surface area contributed by atoms with Gasteiger partial charge in [0, 0.05) is 0 Å². The van der Waals surface area contributed by atoms with Crippen LogP contribution in [0.15, 0.2) is 54.6 Å². The molecule has 0 aromatic heterocycles. The number of amides is 3. The zero-order valence-electron chi connectivity index (χ0n) is 15.3. The summed E-state index contributed by atoms with van der Waals surface area (Å²) in [7, 11) is 0. The highest BCUT2D eigenvalue weighted by Gasteiger charge is 2.73. The van der Waals surface area contributed by atoms with E-state index in [9.17, 15) is 14.4 Å². The zero-order valence-corrected chi connectivity index (χ0v) is 15.3. The molecule has 6 rings (SSSR count). The molecule has 1 aliphatic heterocycles. The fourth-order valence-electron chi connectivity index (χ4n) is 5.97. The molecule has 0 radical (unpaired) electrons. The summed E-state index contributed by atoms with van der Waals surface area (Å²) in [5.41, 5.74) is 3.65. The molecule has 2 aromatic rings. The van der Waals surface area contributed by atoms with E-state index in [2.05, 4.69) is 17.6 Å². The quantitative estimate of drug-likeness (QED) is 0.665. The highest BCUT2D eigenvalue weighted by Crippen LogP contribution is 2.73. The van der Waals surface area contributed by atoms with Crippen LogP contribution < -0.4 is 5.43 Å². The fourth-order valence-corrected chi connectivity index (χ4v) is 5.97. The van der Waals surface area contributed by atoms with E-state index in [4.69, 9.17) is 0 Å². The molecule has 5 nitrogen and oxygen atoms in total. The molecule has 4 aliphatic rings. The summed E-state index contributed by atoms with van der Waals surface area (Å²) in [6, 6.07) is 13.7. The summed E-state index contributed by atoms with van der Waals surface area (Å²) in [5.74, 6) is -1.04. The van der Waals surface area contributed by atoms with Crippen LogP contribution in [-0.4, -0.2) is 22.7 Å². The molecule has 1 spiro atoms. The third-order valence-corrected chi connectivity index (χ3v) is 7.32. The number of hydrazine groups is 1. The van der Waals surface area contributed by atoms with Crippen molar-refractivity contribution in [2.75, 3.05) is 0 Å². The smallest absolute Gasteiger partial charge is 0.252 e. The van der Waals surface area contributed by atoms with Crippen LogP contribution in [0.5, 0.6) is 0 Å². The predicted octanol–water partition coefficient (Wildman–Crippen LogP) is 2.61. The first-order valence-corrected chi connectivity index (χ1v) is 9.92. The van der Waals surface area contributed by atoms with Crippen LogP contribution in [0.2, 0.25) is 0 Å². The second-order valence-corrected chi connectivity index (χ2v) is 8.58. The summed E-state index contributed by atoms with van der Waals surface area (Å²) < 4.78 is 0. The SMILES string of the molecule is O=C(Cc1cccc2ccccc12)NN1C(=O)[C@H]2[C@H](C1=O)[C@H]1C=C[C@H]2C12CC2. The fraction of sp³-hybridized carbons (Fsp3) is 0.348. The molecule has 3 aliphatic carbocycles. The molecular formula is C23H20N2O3. The Labute approximate surface area is 162 Å². The zero-order chi connectivity index (χ0) is 19.0. The Hall–Kier alpha value is -2.95. The van der Waals surface area contributed by atoms with Crippen LogP contribution in [0.4, 0.5) is 0 Å². The Bertz CT molecular complexity index is 1040. The number of fused-ring (bicyclic) bond motifs is 4. The van der Waals surface area contributed by atoms with E-state index in [-0.39, 0.29) is 53.2 Å². The molecular weight excluding hydrogens is 352 g/mol. The number of carbonyl (C=O) groups is 3. The summed E-state index contributed by atoms with van der Waals surface area (Å²) in [6.45, 7) is 0. The van der Waals surface area contributed by atoms with E-state index in [0.717, 1.165) is 34.2 Å². The monoisotopic (exact) mass is 372 g/mol. The van der Waals surface area contributed by atoms with E-state index >= 15 is 0 Å². The molecule has 2 aromatic carbocycles. The lowest BCUT2D eigenvalue weighted by Gasteiger charge is -2.22. The molecule has 4 atom stereocenters. The molecule has 2 saturated carbocycles. The first kappa shape index (κ1) is 16.0. The molecule has 1 saturated heterocycles. The third-order valence-electron chi connectivity index (χ3n) is 7.32. The van der Waals surface area contributed by atoms with Crippen molar-refractivity contribution in [2.24, 2.45) is 29.1 Å². The van der Waals surface area contributed by atoms with Crippen LogP contribution in [0.25, 0.3) is 10.8 Å². The van der Waals surface area contributed by atoms with Crippen LogP contribution in [-0.2, 0) is 20.8 Å². The van der Waals surface area contributed by atoms with Crippen LogP contribution in [0, 0.1) is 29.1 Å². The van der Waals surface area contributed by atoms with Gasteiger partial charge in [0.2, 0.25) is 5.91 Å². The van der Waals surface area contributed by atoms with Gasteiger partial charge in [0.15, 0.2) is 0 Å². The molecule has 5 heteroatoms. The summed E-state index contributed by atoms with van der Waals surface area (Å²) in [5, 5.41) is 3.08. The first-order valence-electron chi connectivity index (χ1n) is 9.92. The summed E-state index contributed by atoms with van der Waals surface area (Å²) in [6.07, 6.45) is 6.60. The minimum Gasteiger partial charge on any atom is -0.273 e. The van der Waals surface area contributed by atoms with Crippen molar-refractivity contribution in [3.63, 3.8) is 0 Å². The maximum absolute atomic E-state index is 13.0. The number of nitrogens with zero attached hydrogens (tertiary/aromatic N) is 1. The Morgan fingerprint density at radius 2 is 1.61 bits per heavy atom. The van der Waals surface area contributed by atoms with Gasteiger partial charge in [0.05, 0.1) is 18.3 Å². The van der Waals surface area contributed by atoms with E-state index in [1.54, 1.807) is 0 Å². The second kappa shape index (κ2) is 5.31. The standard InChI is InChI=1S/C23H20N2O3/c26-18(12-14-6-3-5-13-4-1-2-7-15(13)14)24-25-21(27)19-16-8-9-17(20(19)22(25)28)23(16)10-11-23/h1-9,16-17,19-20H,10-12H2,(H,24,26)/t16-,17-,19-,20-/m1/s1. The molecule has 2 bridgehead atoms. The number of imide groups is 1. The van der Waals surface area contributed by atoms with Crippen molar-refractivity contribution in [1.82, 2.24) is 10.4 Å². The Kier molecular flexibility index (Phi) is 3.04. The van der Waals surface area contributed by atoms with E-state index in [0.29, 0.717) is 0 Å². The van der Waals surface area contributed by atoms with Crippen molar-refractivity contribution in [3.8, 4) is 0 Å². The van der Waals surface area contributed by atoms with Gasteiger partial charge in [0.1, 0.15) is 0 Å². The van der Waals surface area contributed by atoms with Crippen molar-refractivity contribution in [1.29, 1.82) is 0 Å². The van der Waals surface area contributed by atoms with Crippen molar-refractivity contribution >= 4 is 28.5 Å². The highest BCUT2D eigenvalue weighted by atomic mass is 16.2. The van der Waals surface area contributed by atoms with Crippen LogP contribution in [0.1, 0.15) is 18.4 Å². The molecule has 3 amide bonds. The number of nitrogens with one attached hydrogen (secondary N) is 1. The predicted molar refractivity (Wildman–Crippen MR) is 102 cm³/mol. The number of carbonyl (C=O) groups excluding carboxylic acids is 3. The van der Waals surface area contributed by atoms with E-state index < -0.39 is 0 Å². The number of allylic oxidation sites excluding steroid dienone is 2. The second-order valence-electron chi connectivity index (χ2n) is 8.58. The van der Waals surface area contributed by atoms with Crippen molar-refractivity contribution in [3.05, 3.63) is 60.2 Å². The first-order chi connectivity index (χ1) is 13.6. The lowest BCUT2D eigenvalue weighted by molar-refractivity contribution is -0.150. The number of benzene rings is 2. The van der Waals surface area contributed by atoms with Crippen molar-refractivity contribution < 1.29 is 14.4 Å². The maximum Gasteiger partial charge on any atom is 0.252 e. The largest absolute Gasteiger partial charge is 0.273 e. The van der Waals surface area contributed by atoms with Gasteiger partial charge in [-0.15, -0.1) is 0 Å². The van der Waals surface area contributed by atoms with Gasteiger partial charge in [-0.25, -0.2) is 0 Å². The van der Waals surface area contributed by atoms with Gasteiger partial charge < -0.3 is 0 Å². The average Bonchev–Trinajstić information content (AvgIpc) is 3.31. The molecule has 1 N–H and O–H groups in total. The molecule has 3 fully saturated rings. The van der Waals surface area contributed by atoms with Gasteiger partial charge in [-0.2, -0.15) is 5.01 Å². The number of hydrogen-bond donors (Lipinski definition) is 1. The molecule has 0 unspecified atom stereocenters. The third kappa shape index (κ3) is 1.94. The molecule has 140 valence electrons. The minimum atomic E-state index is -0.334. The normalized spacial score (nSPS) is 31.1. The van der Waals surface area contributed by atoms with Crippen LogP contribution in [0.3, 0.4) is 0 Å². The van der Waals surface area contributed by atoms with Gasteiger partial charge >= 0.3 is 0 Å². The van der Waals surface area contributed by atoms with Gasteiger partial charge in [-0.1, -0.05) is 54.6 Å². The molecule has 1 heterocycles. The Morgan fingerprint density at radius 1 is 0.964 bits per heavy atom. The topological polar surface area (TPSA) is 66.5 Å². The lowest BCUT2D eigenvalue weighted by Crippen LogP contribution is -2.48. The van der Waals surface area contributed by atoms with Gasteiger partial charge in [0.25, 0.3) is 11.8 Å². The van der Waals surface area contributed by atoms with E-state index in [1.807, 2.05) is 42.5 Å². The van der Waals surface area contributed by atoms with E-state index in [1.165, 1.54) is 0 Å². The maximum atomic E-state index is 13.0. The number of rotatable bonds is 3. The lowest BCUT2D eigenvalue weighted by atomic mass is 9.85.